The minimum atomic E-state index is -1.02. The molecule has 0 aliphatic carbocycles. The third kappa shape index (κ3) is 21.6. The van der Waals surface area contributed by atoms with Crippen molar-refractivity contribution in [3.63, 3.8) is 0 Å². The number of unbranched alkanes of at least 4 members (excludes halogenated alkanes) is 15. The van der Waals surface area contributed by atoms with E-state index < -0.39 is 23.8 Å². The van der Waals surface area contributed by atoms with E-state index >= 15 is 0 Å². The first kappa shape index (κ1) is 33.6. The van der Waals surface area contributed by atoms with Crippen molar-refractivity contribution in [3.8, 4) is 0 Å². The van der Waals surface area contributed by atoms with Crippen LogP contribution in [0.25, 0.3) is 0 Å². The molecule has 0 saturated carbocycles. The number of ether oxygens (including phenoxy) is 1. The molecule has 35 heavy (non-hydrogen) atoms. The summed E-state index contributed by atoms with van der Waals surface area (Å²) in [5, 5.41) is 9.19. The summed E-state index contributed by atoms with van der Waals surface area (Å²) in [5.74, 6) is -2.64. The molecule has 2 atom stereocenters. The van der Waals surface area contributed by atoms with E-state index in [0.29, 0.717) is 6.42 Å². The highest BCUT2D eigenvalue weighted by atomic mass is 16.6. The van der Waals surface area contributed by atoms with E-state index in [-0.39, 0.29) is 18.8 Å². The van der Waals surface area contributed by atoms with Gasteiger partial charge in [-0.2, -0.15) is 0 Å². The van der Waals surface area contributed by atoms with Gasteiger partial charge in [0.05, 0.1) is 12.3 Å². The largest absolute Gasteiger partial charge is 0.481 e. The fraction of sp³-hybridized carbons (Fsp3) is 0.900. The molecule has 0 aliphatic rings. The first-order valence-electron chi connectivity index (χ1n) is 14.9. The van der Waals surface area contributed by atoms with Gasteiger partial charge >= 0.3 is 17.9 Å². The first-order valence-corrected chi connectivity index (χ1v) is 14.9. The summed E-state index contributed by atoms with van der Waals surface area (Å²) in [7, 11) is 0. The van der Waals surface area contributed by atoms with Crippen LogP contribution in [0.3, 0.4) is 0 Å². The molecule has 0 aliphatic heterocycles. The molecule has 0 amide bonds. The monoisotopic (exact) mass is 496 g/mol. The Labute approximate surface area is 216 Å². The summed E-state index contributed by atoms with van der Waals surface area (Å²) < 4.78 is 5.04. The molecule has 0 bridgehead atoms. The third-order valence-corrected chi connectivity index (χ3v) is 7.11. The van der Waals surface area contributed by atoms with Gasteiger partial charge in [0.1, 0.15) is 0 Å². The summed E-state index contributed by atoms with van der Waals surface area (Å²) in [5.41, 5.74) is 0. The van der Waals surface area contributed by atoms with Crippen molar-refractivity contribution in [2.24, 2.45) is 11.8 Å². The van der Waals surface area contributed by atoms with E-state index in [2.05, 4.69) is 20.8 Å². The lowest BCUT2D eigenvalue weighted by Gasteiger charge is -2.20. The fourth-order valence-electron chi connectivity index (χ4n) is 4.74. The standard InChI is InChI=1S/C30H56O5/c1-4-7-9-10-11-12-13-14-15-16-17-18-19-20-21-23-29(33)35-30(34)27(25-28(31)32)24-26(6-3)22-8-5-2/h26-27H,4-25H2,1-3H3,(H,31,32). The molecule has 5 heteroatoms. The average molecular weight is 497 g/mol. The summed E-state index contributed by atoms with van der Waals surface area (Å²) in [6.07, 6.45) is 23.3. The van der Waals surface area contributed by atoms with E-state index in [1.165, 1.54) is 77.0 Å². The molecular formula is C30H56O5. The van der Waals surface area contributed by atoms with Gasteiger partial charge in [0.15, 0.2) is 0 Å². The number of carboxylic acid groups (broad SMARTS) is 1. The van der Waals surface area contributed by atoms with Gasteiger partial charge in [0.2, 0.25) is 0 Å². The molecule has 0 fully saturated rings. The number of aliphatic carboxylic acids is 1. The van der Waals surface area contributed by atoms with E-state index in [0.717, 1.165) is 44.9 Å². The lowest BCUT2D eigenvalue weighted by Crippen LogP contribution is -2.26. The SMILES string of the molecule is CCCCCCCCCCCCCCCCCC(=O)OC(=O)C(CC(=O)O)CC(CC)CCCC. The van der Waals surface area contributed by atoms with E-state index in [4.69, 9.17) is 4.74 Å². The number of carboxylic acids is 1. The number of hydrogen-bond donors (Lipinski definition) is 1. The van der Waals surface area contributed by atoms with Crippen molar-refractivity contribution in [3.05, 3.63) is 0 Å². The summed E-state index contributed by atoms with van der Waals surface area (Å²) >= 11 is 0. The first-order chi connectivity index (χ1) is 16.9. The van der Waals surface area contributed by atoms with E-state index in [1.807, 2.05) is 0 Å². The van der Waals surface area contributed by atoms with Crippen molar-refractivity contribution in [1.29, 1.82) is 0 Å². The second kappa shape index (κ2) is 24.3. The molecule has 0 radical (unpaired) electrons. The van der Waals surface area contributed by atoms with Crippen molar-refractivity contribution < 1.29 is 24.2 Å². The summed E-state index contributed by atoms with van der Waals surface area (Å²) in [6.45, 7) is 6.44. The van der Waals surface area contributed by atoms with Gasteiger partial charge in [-0.25, -0.2) is 0 Å². The van der Waals surface area contributed by atoms with Gasteiger partial charge in [0.25, 0.3) is 0 Å². The van der Waals surface area contributed by atoms with Crippen molar-refractivity contribution in [1.82, 2.24) is 0 Å². The lowest BCUT2D eigenvalue weighted by molar-refractivity contribution is -0.165. The predicted octanol–water partition coefficient (Wildman–Crippen LogP) is 9.02. The van der Waals surface area contributed by atoms with Gasteiger partial charge in [-0.1, -0.05) is 136 Å². The Bertz CT molecular complexity index is 531. The number of rotatable bonds is 25. The molecule has 0 rings (SSSR count). The van der Waals surface area contributed by atoms with Gasteiger partial charge in [-0.15, -0.1) is 0 Å². The van der Waals surface area contributed by atoms with Crippen molar-refractivity contribution in [2.75, 3.05) is 0 Å². The van der Waals surface area contributed by atoms with Crippen LogP contribution in [0.15, 0.2) is 0 Å². The molecule has 0 aromatic heterocycles. The van der Waals surface area contributed by atoms with Crippen molar-refractivity contribution in [2.45, 2.75) is 162 Å². The van der Waals surface area contributed by atoms with E-state index in [9.17, 15) is 19.5 Å². The smallest absolute Gasteiger partial charge is 0.317 e. The number of esters is 2. The Kier molecular flexibility index (Phi) is 23.3. The lowest BCUT2D eigenvalue weighted by atomic mass is 9.87. The van der Waals surface area contributed by atoms with Crippen LogP contribution in [-0.4, -0.2) is 23.0 Å². The predicted molar refractivity (Wildman–Crippen MR) is 144 cm³/mol. The Hall–Kier alpha value is -1.39. The molecule has 0 spiro atoms. The zero-order valence-electron chi connectivity index (χ0n) is 23.3. The summed E-state index contributed by atoms with van der Waals surface area (Å²) in [4.78, 5) is 35.8. The molecule has 5 nitrogen and oxygen atoms in total. The van der Waals surface area contributed by atoms with Crippen LogP contribution < -0.4 is 0 Å². The Morgan fingerprint density at radius 3 is 1.54 bits per heavy atom. The van der Waals surface area contributed by atoms with Crippen LogP contribution in [0.2, 0.25) is 0 Å². The highest BCUT2D eigenvalue weighted by Gasteiger charge is 2.27. The van der Waals surface area contributed by atoms with Gasteiger partial charge in [-0.05, 0) is 18.8 Å². The molecule has 0 aromatic rings. The van der Waals surface area contributed by atoms with Gasteiger partial charge in [0, 0.05) is 6.42 Å². The highest BCUT2D eigenvalue weighted by molar-refractivity contribution is 5.88. The van der Waals surface area contributed by atoms with Crippen LogP contribution in [0, 0.1) is 11.8 Å². The van der Waals surface area contributed by atoms with Crippen LogP contribution in [0.5, 0.6) is 0 Å². The minimum Gasteiger partial charge on any atom is -0.481 e. The van der Waals surface area contributed by atoms with Crippen molar-refractivity contribution >= 4 is 17.9 Å². The number of carbonyl (C=O) groups excluding carboxylic acids is 2. The van der Waals surface area contributed by atoms with Crippen LogP contribution >= 0.6 is 0 Å². The van der Waals surface area contributed by atoms with Gasteiger partial charge < -0.3 is 9.84 Å². The second-order valence-electron chi connectivity index (χ2n) is 10.4. The van der Waals surface area contributed by atoms with Crippen LogP contribution in [0.1, 0.15) is 162 Å². The fourth-order valence-corrected chi connectivity index (χ4v) is 4.74. The Morgan fingerprint density at radius 2 is 1.11 bits per heavy atom. The molecule has 2 unspecified atom stereocenters. The quantitative estimate of drug-likeness (QED) is 0.0774. The Balaban J connectivity index is 3.87. The van der Waals surface area contributed by atoms with Crippen LogP contribution in [0.4, 0.5) is 0 Å². The molecule has 1 N–H and O–H groups in total. The highest BCUT2D eigenvalue weighted by Crippen LogP contribution is 2.25. The average Bonchev–Trinajstić information content (AvgIpc) is 2.83. The van der Waals surface area contributed by atoms with Gasteiger partial charge in [-0.3, -0.25) is 14.4 Å². The zero-order valence-corrected chi connectivity index (χ0v) is 23.3. The molecule has 0 saturated heterocycles. The third-order valence-electron chi connectivity index (χ3n) is 7.11. The normalized spacial score (nSPS) is 12.9. The second-order valence-corrected chi connectivity index (χ2v) is 10.4. The maximum atomic E-state index is 12.5. The molecule has 206 valence electrons. The summed E-state index contributed by atoms with van der Waals surface area (Å²) in [6, 6.07) is 0. The Morgan fingerprint density at radius 1 is 0.657 bits per heavy atom. The molecule has 0 aromatic carbocycles. The number of carbonyl (C=O) groups is 3. The zero-order chi connectivity index (χ0) is 26.2. The topological polar surface area (TPSA) is 80.7 Å². The maximum Gasteiger partial charge on any atom is 0.317 e. The van der Waals surface area contributed by atoms with Crippen LogP contribution in [-0.2, 0) is 19.1 Å². The van der Waals surface area contributed by atoms with E-state index in [1.54, 1.807) is 0 Å². The minimum absolute atomic E-state index is 0.233. The number of hydrogen-bond acceptors (Lipinski definition) is 4. The maximum absolute atomic E-state index is 12.5. The molecular weight excluding hydrogens is 440 g/mol. The molecule has 0 heterocycles.